The molecule has 13 heteroatoms. The Labute approximate surface area is 321 Å². The van der Waals surface area contributed by atoms with E-state index in [-0.39, 0.29) is 36.2 Å². The molecule has 2 aromatic rings. The molecule has 1 heterocycles. The highest BCUT2D eigenvalue weighted by atomic mass is 16.6. The van der Waals surface area contributed by atoms with Crippen molar-refractivity contribution in [3.05, 3.63) is 82.9 Å². The van der Waals surface area contributed by atoms with Crippen LogP contribution >= 0.6 is 0 Å². The first-order valence-electron chi connectivity index (χ1n) is 18.7. The maximum Gasteiger partial charge on any atom is 0.408 e. The first-order chi connectivity index (χ1) is 25.6. The van der Waals surface area contributed by atoms with Crippen LogP contribution in [0.4, 0.5) is 4.79 Å². The molecule has 2 aromatic carbocycles. The van der Waals surface area contributed by atoms with Crippen molar-refractivity contribution in [1.29, 1.82) is 0 Å². The topological polar surface area (TPSA) is 198 Å². The fourth-order valence-corrected chi connectivity index (χ4v) is 9.57. The predicted molar refractivity (Wildman–Crippen MR) is 197 cm³/mol. The lowest BCUT2D eigenvalue weighted by Crippen LogP contribution is -2.77. The Bertz CT molecular complexity index is 1860. The lowest BCUT2D eigenvalue weighted by molar-refractivity contribution is -0.313. The second-order valence-electron chi connectivity index (χ2n) is 17.5. The molecule has 55 heavy (non-hydrogen) atoms. The maximum absolute atomic E-state index is 14.8. The molecule has 3 fully saturated rings. The summed E-state index contributed by atoms with van der Waals surface area (Å²) in [4.78, 5) is 55.7. The molecular formula is C42H53NO12. The molecule has 298 valence electrons. The Hall–Kier alpha value is -4.14. The van der Waals surface area contributed by atoms with Gasteiger partial charge in [0.2, 0.25) is 0 Å². The lowest BCUT2D eigenvalue weighted by Gasteiger charge is -2.68. The van der Waals surface area contributed by atoms with E-state index in [0.29, 0.717) is 5.56 Å². The number of nitrogens with one attached hydrogen (secondary N) is 1. The molecular weight excluding hydrogens is 710 g/mol. The molecule has 1 aliphatic heterocycles. The third-order valence-corrected chi connectivity index (χ3v) is 12.7. The number of rotatable bonds is 7. The summed E-state index contributed by atoms with van der Waals surface area (Å²) in [6, 6.07) is 15.1. The molecule has 6 rings (SSSR count). The Morgan fingerprint density at radius 3 is 2.11 bits per heavy atom. The molecule has 11 atom stereocenters. The summed E-state index contributed by atoms with van der Waals surface area (Å²) in [5.41, 5.74) is -6.31. The van der Waals surface area contributed by atoms with Crippen LogP contribution in [0.2, 0.25) is 0 Å². The summed E-state index contributed by atoms with van der Waals surface area (Å²) >= 11 is 0. The highest BCUT2D eigenvalue weighted by Crippen LogP contribution is 2.65. The smallest absolute Gasteiger partial charge is 0.408 e. The van der Waals surface area contributed by atoms with Gasteiger partial charge in [-0.05, 0) is 63.5 Å². The van der Waals surface area contributed by atoms with Gasteiger partial charge in [0.15, 0.2) is 11.9 Å². The van der Waals surface area contributed by atoms with Crippen LogP contribution in [0.25, 0.3) is 0 Å². The minimum atomic E-state index is -2.15. The van der Waals surface area contributed by atoms with Gasteiger partial charge in [0.25, 0.3) is 0 Å². The van der Waals surface area contributed by atoms with E-state index in [4.69, 9.17) is 18.9 Å². The number of ketones is 1. The number of carbonyl (C=O) groups excluding carboxylic acids is 4. The quantitative estimate of drug-likeness (QED) is 0.155. The van der Waals surface area contributed by atoms with E-state index in [0.717, 1.165) is 0 Å². The van der Waals surface area contributed by atoms with Crippen molar-refractivity contribution in [2.75, 3.05) is 6.61 Å². The van der Waals surface area contributed by atoms with Gasteiger partial charge >= 0.3 is 18.0 Å². The number of alkyl carbamates (subject to hydrolysis) is 1. The van der Waals surface area contributed by atoms with Crippen molar-refractivity contribution in [2.24, 2.45) is 22.2 Å². The van der Waals surface area contributed by atoms with Crippen LogP contribution in [0.1, 0.15) is 90.2 Å². The van der Waals surface area contributed by atoms with Gasteiger partial charge in [-0.1, -0.05) is 69.3 Å². The van der Waals surface area contributed by atoms with Crippen LogP contribution in [-0.4, -0.2) is 98.7 Å². The molecule has 2 bridgehead atoms. The van der Waals surface area contributed by atoms with Gasteiger partial charge in [0, 0.05) is 29.6 Å². The molecule has 4 aliphatic rings. The summed E-state index contributed by atoms with van der Waals surface area (Å²) < 4.78 is 23.7. The normalized spacial score (nSPS) is 35.0. The zero-order valence-corrected chi connectivity index (χ0v) is 32.6. The molecule has 0 spiro atoms. The fourth-order valence-electron chi connectivity index (χ4n) is 9.57. The summed E-state index contributed by atoms with van der Waals surface area (Å²) in [5, 5.41) is 51.3. The zero-order valence-electron chi connectivity index (χ0n) is 32.6. The number of hydrogen-bond acceptors (Lipinski definition) is 12. The second kappa shape index (κ2) is 14.1. The average molecular weight is 764 g/mol. The van der Waals surface area contributed by atoms with Crippen molar-refractivity contribution in [3.8, 4) is 0 Å². The Balaban J connectivity index is 1.45. The van der Waals surface area contributed by atoms with Gasteiger partial charge in [-0.2, -0.15) is 0 Å². The number of hydrogen-bond donors (Lipinski definition) is 5. The van der Waals surface area contributed by atoms with E-state index < -0.39 is 99.8 Å². The fraction of sp³-hybridized carbons (Fsp3) is 0.571. The molecule has 1 amide bonds. The molecule has 4 unspecified atom stereocenters. The Morgan fingerprint density at radius 1 is 0.945 bits per heavy atom. The Morgan fingerprint density at radius 2 is 1.55 bits per heavy atom. The number of amides is 1. The third kappa shape index (κ3) is 6.67. The van der Waals surface area contributed by atoms with E-state index in [9.17, 15) is 39.6 Å². The van der Waals surface area contributed by atoms with E-state index in [1.54, 1.807) is 109 Å². The van der Waals surface area contributed by atoms with E-state index in [1.807, 2.05) is 6.92 Å². The summed E-state index contributed by atoms with van der Waals surface area (Å²) in [6.45, 7) is 13.4. The van der Waals surface area contributed by atoms with E-state index in [2.05, 4.69) is 5.32 Å². The summed E-state index contributed by atoms with van der Waals surface area (Å²) in [7, 11) is 0. The molecule has 5 N–H and O–H groups in total. The van der Waals surface area contributed by atoms with E-state index >= 15 is 0 Å². The standard InChI is InChI=1S/C42H53NO12/c1-22-25(53-36(49)31(46)29(23-15-11-9-12-16-23)43-37(50)55-38(2,3)4)20-42(51)34(54-35(48)24-17-13-10-14-18-24)32-40(7)21-52-27(40)19-26(44)41(32,8)33(47)30(45)28(22)39(42,5)6/h9-18,25-27,29-32,34,44-46,51H,19-21H2,1-8H3,(H,43,50)/t25-,26-,27?,29-,30+,31+,32?,34?,40+,41?,42+/m0/s1. The third-order valence-electron chi connectivity index (χ3n) is 12.7. The maximum atomic E-state index is 14.8. The number of benzene rings is 2. The number of fused-ring (bicyclic) bond motifs is 5. The van der Waals surface area contributed by atoms with Crippen LogP contribution in [0.15, 0.2) is 71.8 Å². The number of carbonyl (C=O) groups is 4. The first kappa shape index (κ1) is 40.5. The minimum Gasteiger partial charge on any atom is -0.456 e. The van der Waals surface area contributed by atoms with E-state index in [1.165, 1.54) is 0 Å². The molecule has 13 nitrogen and oxygen atoms in total. The molecule has 0 radical (unpaired) electrons. The van der Waals surface area contributed by atoms with Gasteiger partial charge in [-0.25, -0.2) is 14.4 Å². The van der Waals surface area contributed by atoms with Gasteiger partial charge in [-0.3, -0.25) is 4.79 Å². The summed E-state index contributed by atoms with van der Waals surface area (Å²) in [6.07, 6.45) is -9.80. The monoisotopic (exact) mass is 763 g/mol. The number of ether oxygens (including phenoxy) is 4. The van der Waals surface area contributed by atoms with Gasteiger partial charge < -0.3 is 44.7 Å². The lowest BCUT2D eigenvalue weighted by atomic mass is 9.42. The van der Waals surface area contributed by atoms with Crippen molar-refractivity contribution < 1.29 is 58.6 Å². The number of aliphatic hydroxyl groups excluding tert-OH is 3. The van der Waals surface area contributed by atoms with Crippen molar-refractivity contribution in [3.63, 3.8) is 0 Å². The average Bonchev–Trinajstić information content (AvgIpc) is 3.12. The van der Waals surface area contributed by atoms with Crippen LogP contribution in [0, 0.1) is 22.2 Å². The SMILES string of the molecule is CC1=C2[C@@H](O)C(=O)C3(C)C(C(OC(=O)c4ccccc4)[C@](O)(C[C@@H]1OC(=O)[C@H](O)[C@@H](NC(=O)OC(C)(C)C)c1ccccc1)C2(C)C)[C@]1(C)COC1C[C@@H]3O. The predicted octanol–water partition coefficient (Wildman–Crippen LogP) is 3.96. The van der Waals surface area contributed by atoms with Crippen LogP contribution in [0.3, 0.4) is 0 Å². The van der Waals surface area contributed by atoms with Crippen molar-refractivity contribution in [1.82, 2.24) is 5.32 Å². The highest BCUT2D eigenvalue weighted by molar-refractivity contribution is 5.94. The Kier molecular flexibility index (Phi) is 10.4. The molecule has 3 aliphatic carbocycles. The van der Waals surface area contributed by atoms with Crippen LogP contribution < -0.4 is 5.32 Å². The molecule has 0 aromatic heterocycles. The van der Waals surface area contributed by atoms with Gasteiger partial charge in [-0.15, -0.1) is 0 Å². The highest BCUT2D eigenvalue weighted by Gasteiger charge is 2.75. The minimum absolute atomic E-state index is 0.0369. The first-order valence-corrected chi connectivity index (χ1v) is 18.7. The number of esters is 2. The number of aliphatic hydroxyl groups is 4. The molecule has 2 saturated carbocycles. The van der Waals surface area contributed by atoms with Crippen LogP contribution in [0.5, 0.6) is 0 Å². The van der Waals surface area contributed by atoms with Crippen LogP contribution in [-0.2, 0) is 28.5 Å². The number of Topliss-reactive ketones (excluding diaryl/α,β-unsaturated/α-hetero) is 1. The molecule has 1 saturated heterocycles. The largest absolute Gasteiger partial charge is 0.456 e. The van der Waals surface area contributed by atoms with Crippen molar-refractivity contribution in [2.45, 2.75) is 122 Å². The second-order valence-corrected chi connectivity index (χ2v) is 17.5. The van der Waals surface area contributed by atoms with Crippen molar-refractivity contribution >= 4 is 23.8 Å². The van der Waals surface area contributed by atoms with Gasteiger partial charge in [0.1, 0.15) is 29.5 Å². The summed E-state index contributed by atoms with van der Waals surface area (Å²) in [5.74, 6) is -3.78. The van der Waals surface area contributed by atoms with Gasteiger partial charge in [0.05, 0.1) is 35.8 Å². The zero-order chi connectivity index (χ0) is 40.5.